The molecule has 2 saturated carbocycles. The zero-order chi connectivity index (χ0) is 34.0. The molecule has 11 nitrogen and oxygen atoms in total. The number of aryl methyl sites for hydroxylation is 1. The predicted octanol–water partition coefficient (Wildman–Crippen LogP) is 4.21. The van der Waals surface area contributed by atoms with Crippen molar-refractivity contribution in [3.05, 3.63) is 65.0 Å². The van der Waals surface area contributed by atoms with Crippen molar-refractivity contribution >= 4 is 17.8 Å². The number of pyridine rings is 1. The van der Waals surface area contributed by atoms with Crippen LogP contribution in [0.15, 0.2) is 54.1 Å². The van der Waals surface area contributed by atoms with Gasteiger partial charge >= 0.3 is 227 Å². The SMILES string of the molecule is COc1ccc(C2CCC(CN(C(=O)C3CCC([I-]OC(=O)NCCN=O)CC3)c3cc(-c4cnn(C(C)C)c4)ccn3)CC2)cc1C. The van der Waals surface area contributed by atoms with Crippen molar-refractivity contribution in [2.45, 2.75) is 88.0 Å². The summed E-state index contributed by atoms with van der Waals surface area (Å²) in [6, 6.07) is 10.8. The first-order chi connectivity index (χ1) is 23.2. The van der Waals surface area contributed by atoms with Crippen LogP contribution in [0.3, 0.4) is 0 Å². The number of nitroso groups, excluding NO2 is 1. The second kappa shape index (κ2) is 17.2. The van der Waals surface area contributed by atoms with Crippen LogP contribution in [0.4, 0.5) is 10.6 Å². The Morgan fingerprint density at radius 1 is 1.06 bits per heavy atom. The van der Waals surface area contributed by atoms with Gasteiger partial charge in [0.1, 0.15) is 5.75 Å². The van der Waals surface area contributed by atoms with Gasteiger partial charge in [-0.25, -0.2) is 0 Å². The number of anilines is 1. The second-order valence-electron chi connectivity index (χ2n) is 13.3. The monoisotopic (exact) mass is 771 g/mol. The van der Waals surface area contributed by atoms with Crippen molar-refractivity contribution in [2.75, 3.05) is 31.6 Å². The number of rotatable bonds is 13. The summed E-state index contributed by atoms with van der Waals surface area (Å²) in [4.78, 5) is 43.3. The number of hydrogen-bond acceptors (Lipinski definition) is 8. The fourth-order valence-corrected chi connectivity index (χ4v) is 8.82. The molecule has 2 aliphatic carbocycles. The maximum absolute atomic E-state index is 14.4. The number of alkyl halides is 1. The van der Waals surface area contributed by atoms with Gasteiger partial charge in [0.2, 0.25) is 0 Å². The first-order valence-electron chi connectivity index (χ1n) is 17.1. The molecule has 5 rings (SSSR count). The van der Waals surface area contributed by atoms with Crippen LogP contribution in [-0.4, -0.2) is 57.4 Å². The molecule has 0 aliphatic heterocycles. The van der Waals surface area contributed by atoms with Crippen LogP contribution in [0.25, 0.3) is 11.1 Å². The van der Waals surface area contributed by atoms with E-state index in [1.54, 1.807) is 13.3 Å². The van der Waals surface area contributed by atoms with E-state index in [-0.39, 0.29) is 31.0 Å². The molecular formula is C36H48IN6O5-. The Bertz CT molecular complexity index is 1530. The topological polar surface area (TPSA) is 128 Å². The van der Waals surface area contributed by atoms with Crippen molar-refractivity contribution in [2.24, 2.45) is 17.0 Å². The minimum atomic E-state index is -0.809. The fourth-order valence-electron chi connectivity index (χ4n) is 6.85. The van der Waals surface area contributed by atoms with Crippen LogP contribution in [0.1, 0.15) is 88.3 Å². The molecule has 2 fully saturated rings. The van der Waals surface area contributed by atoms with Gasteiger partial charge in [-0.05, 0) is 32.4 Å². The number of amides is 2. The standard InChI is InChI=1S/C36H48IN6O5/c1-24(2)43-23-31(21-40-43)30-15-16-38-34(20-30)42(22-26-5-7-27(8-6-26)29-11-14-33(47-4)25(3)19-29)35(44)28-9-12-32(13-10-28)37-48-36(45)39-17-18-41-46/h11,14-16,19-21,23-24,26-28,32H,5-10,12-13,17-18,22H2,1-4H3,(H,39,45)/q-1. The van der Waals surface area contributed by atoms with Gasteiger partial charge in [0.25, 0.3) is 0 Å². The van der Waals surface area contributed by atoms with E-state index >= 15 is 0 Å². The van der Waals surface area contributed by atoms with Crippen LogP contribution >= 0.6 is 0 Å². The first kappa shape index (κ1) is 35.7. The number of benzene rings is 1. The predicted molar refractivity (Wildman–Crippen MR) is 182 cm³/mol. The van der Waals surface area contributed by atoms with Gasteiger partial charge in [0, 0.05) is 6.04 Å². The van der Waals surface area contributed by atoms with Gasteiger partial charge in [-0.2, -0.15) is 0 Å². The molecule has 48 heavy (non-hydrogen) atoms. The Morgan fingerprint density at radius 2 is 1.83 bits per heavy atom. The third-order valence-electron chi connectivity index (χ3n) is 9.65. The molecule has 0 saturated heterocycles. The molecular weight excluding hydrogens is 723 g/mol. The summed E-state index contributed by atoms with van der Waals surface area (Å²) >= 11 is -0.809. The van der Waals surface area contributed by atoms with E-state index in [0.29, 0.717) is 28.1 Å². The smallest absolute Gasteiger partial charge is 0.00873 e. The van der Waals surface area contributed by atoms with Gasteiger partial charge < -0.3 is 4.74 Å². The Kier molecular flexibility index (Phi) is 12.8. The van der Waals surface area contributed by atoms with Gasteiger partial charge in [-0.15, -0.1) is 0 Å². The number of nitrogens with one attached hydrogen (secondary N) is 1. The Morgan fingerprint density at radius 3 is 2.50 bits per heavy atom. The van der Waals surface area contributed by atoms with Crippen molar-refractivity contribution < 1.29 is 39.0 Å². The summed E-state index contributed by atoms with van der Waals surface area (Å²) in [6.45, 7) is 7.17. The zero-order valence-electron chi connectivity index (χ0n) is 28.4. The summed E-state index contributed by atoms with van der Waals surface area (Å²) in [5, 5.41) is 9.83. The molecule has 2 amide bonds. The minimum Gasteiger partial charge on any atom is -0.0521 e. The maximum Gasteiger partial charge on any atom is -0.00873 e. The zero-order valence-corrected chi connectivity index (χ0v) is 30.6. The van der Waals surface area contributed by atoms with Gasteiger partial charge in [-0.3, -0.25) is 0 Å². The molecule has 0 radical (unpaired) electrons. The number of ether oxygens (including phenoxy) is 1. The molecule has 0 bridgehead atoms. The van der Waals surface area contributed by atoms with E-state index in [1.165, 1.54) is 5.56 Å². The van der Waals surface area contributed by atoms with E-state index < -0.39 is 27.7 Å². The summed E-state index contributed by atoms with van der Waals surface area (Å²) in [6.07, 6.45) is 12.8. The average molecular weight is 772 g/mol. The Labute approximate surface area is 294 Å². The minimum absolute atomic E-state index is 0.0281. The van der Waals surface area contributed by atoms with Crippen LogP contribution in [0, 0.1) is 23.7 Å². The molecule has 0 spiro atoms. The Hall–Kier alpha value is -3.55. The molecule has 2 aliphatic rings. The van der Waals surface area contributed by atoms with Gasteiger partial charge in [0.05, 0.1) is 7.11 Å². The molecule has 0 atom stereocenters. The van der Waals surface area contributed by atoms with Gasteiger partial charge in [0.15, 0.2) is 0 Å². The number of carbonyl (C=O) groups is 2. The molecule has 3 aromatic rings. The van der Waals surface area contributed by atoms with Gasteiger partial charge in [-0.1, -0.05) is 12.1 Å². The number of halogens is 1. The van der Waals surface area contributed by atoms with Crippen LogP contribution in [-0.2, 0) is 7.86 Å². The molecule has 1 N–H and O–H groups in total. The van der Waals surface area contributed by atoms with Crippen LogP contribution in [0.2, 0.25) is 0 Å². The maximum atomic E-state index is 14.4. The van der Waals surface area contributed by atoms with Crippen LogP contribution in [0.5, 0.6) is 5.75 Å². The van der Waals surface area contributed by atoms with Crippen molar-refractivity contribution in [3.63, 3.8) is 0 Å². The normalized spacial score (nSPS) is 21.1. The number of hydrogen-bond donors (Lipinski definition) is 1. The van der Waals surface area contributed by atoms with E-state index in [4.69, 9.17) is 12.8 Å². The largest absolute Gasteiger partial charge is 0.0521 e. The molecule has 260 valence electrons. The average Bonchev–Trinajstić information content (AvgIpc) is 3.61. The van der Waals surface area contributed by atoms with E-state index in [9.17, 15) is 14.5 Å². The fraction of sp³-hybridized carbons (Fsp3) is 0.556. The first-order valence-corrected chi connectivity index (χ1v) is 19.2. The summed E-state index contributed by atoms with van der Waals surface area (Å²) in [5.41, 5.74) is 4.54. The van der Waals surface area contributed by atoms with Crippen molar-refractivity contribution in [1.82, 2.24) is 20.1 Å². The third kappa shape index (κ3) is 9.32. The van der Waals surface area contributed by atoms with Crippen molar-refractivity contribution in [3.8, 4) is 16.9 Å². The number of aromatic nitrogens is 3. The van der Waals surface area contributed by atoms with E-state index in [1.807, 2.05) is 34.1 Å². The second-order valence-corrected chi connectivity index (χ2v) is 16.0. The summed E-state index contributed by atoms with van der Waals surface area (Å²) < 4.78 is 13.2. The number of nitrogens with zero attached hydrogens (tertiary/aromatic N) is 5. The van der Waals surface area contributed by atoms with Crippen molar-refractivity contribution in [1.29, 1.82) is 0 Å². The third-order valence-corrected chi connectivity index (χ3v) is 12.3. The Balaban J connectivity index is 1.26. The van der Waals surface area contributed by atoms with E-state index in [2.05, 4.69) is 54.6 Å². The number of carbonyl (C=O) groups excluding carboxylic acids is 2. The molecule has 0 unspecified atom stereocenters. The molecule has 2 aromatic heterocycles. The molecule has 12 heteroatoms. The summed E-state index contributed by atoms with van der Waals surface area (Å²) in [7, 11) is 1.71. The number of methoxy groups -OCH3 is 1. The summed E-state index contributed by atoms with van der Waals surface area (Å²) in [5.74, 6) is 2.57. The van der Waals surface area contributed by atoms with E-state index in [0.717, 1.165) is 73.8 Å². The van der Waals surface area contributed by atoms with Crippen LogP contribution < -0.4 is 36.6 Å². The molecule has 1 aromatic carbocycles. The quantitative estimate of drug-likeness (QED) is 0.120. The molecule has 2 heterocycles.